The third kappa shape index (κ3) is 2.44. The zero-order valence-corrected chi connectivity index (χ0v) is 7.74. The fourth-order valence-electron chi connectivity index (χ4n) is 0.557. The molecule has 0 saturated heterocycles. The Kier molecular flexibility index (Phi) is 3.42. The van der Waals surface area contributed by atoms with Gasteiger partial charge in [-0.05, 0) is 22.0 Å². The molecule has 0 fully saturated rings. The topological polar surface area (TPSA) is 34.7 Å². The number of furan rings is 1. The summed E-state index contributed by atoms with van der Waals surface area (Å²) in [4.78, 5) is 4.66. The van der Waals surface area contributed by atoms with Crippen molar-refractivity contribution in [1.29, 1.82) is 0 Å². The SMILES string of the molecule is C#CCO/N=C/c1occc1Br. The highest BCUT2D eigenvalue weighted by atomic mass is 79.9. The number of halogens is 1. The summed E-state index contributed by atoms with van der Waals surface area (Å²) in [5.41, 5.74) is 0. The van der Waals surface area contributed by atoms with E-state index in [2.05, 4.69) is 31.8 Å². The number of rotatable bonds is 3. The summed E-state index contributed by atoms with van der Waals surface area (Å²) in [6.45, 7) is 0.162. The molecule has 0 unspecified atom stereocenters. The van der Waals surface area contributed by atoms with Crippen LogP contribution in [-0.4, -0.2) is 12.8 Å². The molecular weight excluding hydrogens is 222 g/mol. The van der Waals surface area contributed by atoms with Crippen LogP contribution in [0.1, 0.15) is 5.76 Å². The van der Waals surface area contributed by atoms with Gasteiger partial charge < -0.3 is 9.25 Å². The smallest absolute Gasteiger partial charge is 0.177 e. The Labute approximate surface area is 78.5 Å². The molecule has 0 aliphatic rings. The first-order valence-corrected chi connectivity index (χ1v) is 3.95. The lowest BCUT2D eigenvalue weighted by molar-refractivity contribution is 0.181. The Hall–Kier alpha value is -1.21. The molecule has 0 saturated carbocycles. The van der Waals surface area contributed by atoms with Crippen molar-refractivity contribution >= 4 is 22.1 Å². The minimum atomic E-state index is 0.162. The Morgan fingerprint density at radius 2 is 2.67 bits per heavy atom. The zero-order valence-electron chi connectivity index (χ0n) is 6.16. The molecule has 0 amide bonds. The van der Waals surface area contributed by atoms with Crippen LogP contribution < -0.4 is 0 Å². The van der Waals surface area contributed by atoms with Gasteiger partial charge >= 0.3 is 0 Å². The van der Waals surface area contributed by atoms with Crippen LogP contribution in [0.2, 0.25) is 0 Å². The maximum Gasteiger partial charge on any atom is 0.177 e. The first-order valence-electron chi connectivity index (χ1n) is 3.16. The average Bonchev–Trinajstić information content (AvgIpc) is 2.46. The Balaban J connectivity index is 2.47. The second-order valence-electron chi connectivity index (χ2n) is 1.84. The van der Waals surface area contributed by atoms with Crippen LogP contribution in [-0.2, 0) is 4.84 Å². The van der Waals surface area contributed by atoms with Gasteiger partial charge in [-0.2, -0.15) is 0 Å². The van der Waals surface area contributed by atoms with Crippen molar-refractivity contribution in [2.45, 2.75) is 0 Å². The minimum absolute atomic E-state index is 0.162. The molecule has 0 radical (unpaired) electrons. The van der Waals surface area contributed by atoms with Crippen molar-refractivity contribution in [3.05, 3.63) is 22.6 Å². The molecule has 0 atom stereocenters. The summed E-state index contributed by atoms with van der Waals surface area (Å²) in [6.07, 6.45) is 7.93. The van der Waals surface area contributed by atoms with Gasteiger partial charge in [0.1, 0.15) is 6.21 Å². The molecule has 1 heterocycles. The summed E-state index contributed by atoms with van der Waals surface area (Å²) in [6, 6.07) is 1.77. The lowest BCUT2D eigenvalue weighted by Crippen LogP contribution is -1.83. The molecule has 0 aliphatic carbocycles. The Morgan fingerprint density at radius 1 is 1.83 bits per heavy atom. The lowest BCUT2D eigenvalue weighted by Gasteiger charge is -1.88. The normalized spacial score (nSPS) is 10.0. The van der Waals surface area contributed by atoms with E-state index in [9.17, 15) is 0 Å². The van der Waals surface area contributed by atoms with Crippen LogP contribution in [0.4, 0.5) is 0 Å². The third-order valence-electron chi connectivity index (χ3n) is 1.04. The van der Waals surface area contributed by atoms with Crippen LogP contribution in [0, 0.1) is 12.3 Å². The van der Waals surface area contributed by atoms with E-state index in [-0.39, 0.29) is 6.61 Å². The average molecular weight is 228 g/mol. The van der Waals surface area contributed by atoms with Gasteiger partial charge in [0.05, 0.1) is 10.7 Å². The predicted molar refractivity (Wildman–Crippen MR) is 48.8 cm³/mol. The Morgan fingerprint density at radius 3 is 3.25 bits per heavy atom. The second kappa shape index (κ2) is 4.62. The van der Waals surface area contributed by atoms with Crippen LogP contribution in [0.5, 0.6) is 0 Å². The maximum atomic E-state index is 5.02. The summed E-state index contributed by atoms with van der Waals surface area (Å²) < 4.78 is 5.85. The number of hydrogen-bond acceptors (Lipinski definition) is 3. The van der Waals surface area contributed by atoms with E-state index < -0.39 is 0 Å². The summed E-state index contributed by atoms with van der Waals surface area (Å²) in [5.74, 6) is 2.89. The van der Waals surface area contributed by atoms with Crippen LogP contribution >= 0.6 is 15.9 Å². The first kappa shape index (κ1) is 8.88. The number of oxime groups is 1. The first-order chi connectivity index (χ1) is 5.84. The van der Waals surface area contributed by atoms with Crippen molar-refractivity contribution < 1.29 is 9.25 Å². The van der Waals surface area contributed by atoms with Crippen LogP contribution in [0.3, 0.4) is 0 Å². The van der Waals surface area contributed by atoms with Crippen molar-refractivity contribution in [2.24, 2.45) is 5.16 Å². The van der Waals surface area contributed by atoms with Gasteiger partial charge in [-0.3, -0.25) is 0 Å². The zero-order chi connectivity index (χ0) is 8.81. The highest BCUT2D eigenvalue weighted by molar-refractivity contribution is 9.10. The van der Waals surface area contributed by atoms with Crippen molar-refractivity contribution in [3.8, 4) is 12.3 Å². The van der Waals surface area contributed by atoms with E-state index in [0.717, 1.165) is 4.47 Å². The summed E-state index contributed by atoms with van der Waals surface area (Å²) in [7, 11) is 0. The van der Waals surface area contributed by atoms with Gasteiger partial charge in [-0.1, -0.05) is 11.1 Å². The lowest BCUT2D eigenvalue weighted by atomic mass is 10.5. The van der Waals surface area contributed by atoms with Crippen molar-refractivity contribution in [1.82, 2.24) is 0 Å². The fourth-order valence-corrected chi connectivity index (χ4v) is 0.861. The quantitative estimate of drug-likeness (QED) is 0.343. The highest BCUT2D eigenvalue weighted by Gasteiger charge is 1.97. The van der Waals surface area contributed by atoms with Crippen LogP contribution in [0.25, 0.3) is 0 Å². The third-order valence-corrected chi connectivity index (χ3v) is 1.69. The molecule has 1 aromatic heterocycles. The van der Waals surface area contributed by atoms with E-state index in [1.54, 1.807) is 12.3 Å². The van der Waals surface area contributed by atoms with E-state index in [0.29, 0.717) is 5.76 Å². The molecule has 0 aliphatic heterocycles. The Bertz CT molecular complexity index is 311. The molecule has 0 bridgehead atoms. The second-order valence-corrected chi connectivity index (χ2v) is 2.70. The molecule has 0 N–H and O–H groups in total. The van der Waals surface area contributed by atoms with Gasteiger partial charge in [0.2, 0.25) is 0 Å². The van der Waals surface area contributed by atoms with Gasteiger partial charge in [-0.25, -0.2) is 0 Å². The minimum Gasteiger partial charge on any atom is -0.462 e. The molecule has 4 heteroatoms. The monoisotopic (exact) mass is 227 g/mol. The van der Waals surface area contributed by atoms with Gasteiger partial charge in [0.25, 0.3) is 0 Å². The number of hydrogen-bond donors (Lipinski definition) is 0. The predicted octanol–water partition coefficient (Wildman–Crippen LogP) is 2.03. The largest absolute Gasteiger partial charge is 0.462 e. The molecule has 3 nitrogen and oxygen atoms in total. The standard InChI is InChI=1S/C8H6BrNO2/c1-2-4-12-10-6-8-7(9)3-5-11-8/h1,3,5-6H,4H2/b10-6+. The molecule has 0 spiro atoms. The maximum absolute atomic E-state index is 5.02. The van der Waals surface area contributed by atoms with E-state index >= 15 is 0 Å². The molecule has 0 aromatic carbocycles. The van der Waals surface area contributed by atoms with E-state index in [4.69, 9.17) is 10.8 Å². The molecule has 1 rings (SSSR count). The van der Waals surface area contributed by atoms with E-state index in [1.807, 2.05) is 0 Å². The van der Waals surface area contributed by atoms with Gasteiger partial charge in [0, 0.05) is 0 Å². The molecule has 62 valence electrons. The number of terminal acetylenes is 1. The van der Waals surface area contributed by atoms with Gasteiger partial charge in [-0.15, -0.1) is 6.42 Å². The van der Waals surface area contributed by atoms with Crippen LogP contribution in [0.15, 0.2) is 26.4 Å². The van der Waals surface area contributed by atoms with Crippen molar-refractivity contribution in [2.75, 3.05) is 6.61 Å². The number of nitrogens with zero attached hydrogens (tertiary/aromatic N) is 1. The summed E-state index contributed by atoms with van der Waals surface area (Å²) in [5, 5.41) is 3.57. The molecule has 12 heavy (non-hydrogen) atoms. The molecule has 1 aromatic rings. The molecular formula is C8H6BrNO2. The summed E-state index contributed by atoms with van der Waals surface area (Å²) >= 11 is 3.25. The fraction of sp³-hybridized carbons (Fsp3) is 0.125. The van der Waals surface area contributed by atoms with Crippen molar-refractivity contribution in [3.63, 3.8) is 0 Å². The van der Waals surface area contributed by atoms with Gasteiger partial charge in [0.15, 0.2) is 12.4 Å². The highest BCUT2D eigenvalue weighted by Crippen LogP contribution is 2.14. The van der Waals surface area contributed by atoms with E-state index in [1.165, 1.54) is 6.21 Å².